The number of thiophene rings is 1. The topological polar surface area (TPSA) is 42.7 Å². The first-order valence-electron chi connectivity index (χ1n) is 5.03. The molecule has 0 fully saturated rings. The van der Waals surface area contributed by atoms with E-state index in [1.165, 1.54) is 9.35 Å². The molecule has 0 aliphatic carbocycles. The molecule has 0 saturated carbocycles. The number of nitrogens with zero attached hydrogens (tertiary/aromatic N) is 3. The third-order valence-corrected chi connectivity index (χ3v) is 3.78. The van der Waals surface area contributed by atoms with Crippen molar-refractivity contribution < 1.29 is 0 Å². The number of hydrogen-bond donors (Lipinski definition) is 1. The summed E-state index contributed by atoms with van der Waals surface area (Å²) in [4.78, 5) is 0. The zero-order valence-electron chi connectivity index (χ0n) is 8.93. The van der Waals surface area contributed by atoms with Crippen molar-refractivity contribution in [2.24, 2.45) is 0 Å². The van der Waals surface area contributed by atoms with Crippen LogP contribution in [0.2, 0.25) is 0 Å². The predicted molar refractivity (Wildman–Crippen MR) is 68.3 cm³/mol. The predicted octanol–water partition coefficient (Wildman–Crippen LogP) is 2.28. The first-order chi connectivity index (χ1) is 7.74. The number of aromatic nitrogens is 3. The summed E-state index contributed by atoms with van der Waals surface area (Å²) in [5.41, 5.74) is 1.31. The Morgan fingerprint density at radius 1 is 1.50 bits per heavy atom. The molecule has 1 unspecified atom stereocenters. The number of rotatable bonds is 5. The molecule has 16 heavy (non-hydrogen) atoms. The summed E-state index contributed by atoms with van der Waals surface area (Å²) in [6, 6.07) is 2.54. The molecule has 0 aliphatic rings. The van der Waals surface area contributed by atoms with Crippen LogP contribution in [0.1, 0.15) is 12.5 Å². The van der Waals surface area contributed by atoms with Gasteiger partial charge in [0, 0.05) is 19.1 Å². The van der Waals surface area contributed by atoms with E-state index in [1.807, 2.05) is 4.57 Å². The Bertz CT molecular complexity index is 426. The maximum atomic E-state index is 3.78. The Labute approximate surface area is 107 Å². The lowest BCUT2D eigenvalue weighted by molar-refractivity contribution is 0.476. The fraction of sp³-hybridized carbons (Fsp3) is 0.400. The van der Waals surface area contributed by atoms with Gasteiger partial charge in [-0.15, -0.1) is 21.5 Å². The summed E-state index contributed by atoms with van der Waals surface area (Å²) < 4.78 is 3.15. The molecule has 2 aromatic heterocycles. The van der Waals surface area contributed by atoms with Crippen molar-refractivity contribution in [1.82, 2.24) is 20.1 Å². The molecule has 0 bridgehead atoms. The monoisotopic (exact) mass is 300 g/mol. The molecule has 0 spiro atoms. The van der Waals surface area contributed by atoms with Gasteiger partial charge in [-0.3, -0.25) is 0 Å². The molecule has 0 saturated heterocycles. The highest BCUT2D eigenvalue weighted by Gasteiger charge is 2.03. The number of hydrogen-bond acceptors (Lipinski definition) is 4. The molecule has 6 heteroatoms. The molecule has 0 aliphatic heterocycles. The van der Waals surface area contributed by atoms with E-state index in [9.17, 15) is 0 Å². The molecule has 1 N–H and O–H groups in total. The Morgan fingerprint density at radius 2 is 2.25 bits per heavy atom. The van der Waals surface area contributed by atoms with Gasteiger partial charge in [0.25, 0.3) is 0 Å². The lowest BCUT2D eigenvalue weighted by Crippen LogP contribution is -2.29. The van der Waals surface area contributed by atoms with Gasteiger partial charge < -0.3 is 9.88 Å². The minimum absolute atomic E-state index is 0.398. The van der Waals surface area contributed by atoms with Gasteiger partial charge in [0.15, 0.2) is 0 Å². The second kappa shape index (κ2) is 5.56. The Balaban J connectivity index is 1.77. The minimum Gasteiger partial charge on any atom is -0.319 e. The summed E-state index contributed by atoms with van der Waals surface area (Å²) >= 11 is 5.17. The van der Waals surface area contributed by atoms with E-state index in [2.05, 4.69) is 49.8 Å². The van der Waals surface area contributed by atoms with Crippen molar-refractivity contribution in [3.8, 4) is 0 Å². The van der Waals surface area contributed by atoms with Crippen LogP contribution in [0.25, 0.3) is 0 Å². The Kier molecular flexibility index (Phi) is 4.09. The molecular weight excluding hydrogens is 288 g/mol. The lowest BCUT2D eigenvalue weighted by atomic mass is 10.3. The summed E-state index contributed by atoms with van der Waals surface area (Å²) in [6.45, 7) is 3.94. The molecule has 1 atom stereocenters. The van der Waals surface area contributed by atoms with Crippen LogP contribution in [0.5, 0.6) is 0 Å². The molecule has 4 nitrogen and oxygen atoms in total. The second-order valence-electron chi connectivity index (χ2n) is 3.70. The van der Waals surface area contributed by atoms with Crippen LogP contribution < -0.4 is 5.32 Å². The van der Waals surface area contributed by atoms with E-state index >= 15 is 0 Å². The van der Waals surface area contributed by atoms with Crippen molar-refractivity contribution in [1.29, 1.82) is 0 Å². The first-order valence-corrected chi connectivity index (χ1v) is 6.70. The third kappa shape index (κ3) is 3.40. The molecular formula is C10H13BrN4S. The van der Waals surface area contributed by atoms with Gasteiger partial charge in [-0.05, 0) is 39.9 Å². The molecule has 2 rings (SSSR count). The molecule has 2 aromatic rings. The van der Waals surface area contributed by atoms with Crippen LogP contribution in [0.4, 0.5) is 0 Å². The van der Waals surface area contributed by atoms with Gasteiger partial charge in [-0.1, -0.05) is 0 Å². The smallest absolute Gasteiger partial charge is 0.119 e. The lowest BCUT2D eigenvalue weighted by Gasteiger charge is -2.13. The maximum absolute atomic E-state index is 3.78. The first kappa shape index (κ1) is 11.8. The highest BCUT2D eigenvalue weighted by atomic mass is 79.9. The summed E-state index contributed by atoms with van der Waals surface area (Å²) in [6.07, 6.45) is 3.47. The summed E-state index contributed by atoms with van der Waals surface area (Å²) in [5.74, 6) is 0. The van der Waals surface area contributed by atoms with E-state index < -0.39 is 0 Å². The van der Waals surface area contributed by atoms with Gasteiger partial charge in [0.05, 0.1) is 3.79 Å². The zero-order valence-corrected chi connectivity index (χ0v) is 11.3. The molecule has 2 heterocycles. The van der Waals surface area contributed by atoms with Crippen LogP contribution in [-0.4, -0.2) is 20.8 Å². The van der Waals surface area contributed by atoms with E-state index in [-0.39, 0.29) is 0 Å². The Morgan fingerprint density at radius 3 is 2.88 bits per heavy atom. The highest BCUT2D eigenvalue weighted by Crippen LogP contribution is 2.20. The van der Waals surface area contributed by atoms with Crippen molar-refractivity contribution in [3.05, 3.63) is 33.5 Å². The molecule has 0 aromatic carbocycles. The fourth-order valence-electron chi connectivity index (χ4n) is 1.43. The highest BCUT2D eigenvalue weighted by molar-refractivity contribution is 9.11. The summed E-state index contributed by atoms with van der Waals surface area (Å²) in [5, 5.41) is 13.2. The van der Waals surface area contributed by atoms with E-state index in [0.717, 1.165) is 13.1 Å². The van der Waals surface area contributed by atoms with Gasteiger partial charge >= 0.3 is 0 Å². The Hall–Kier alpha value is -0.720. The molecule has 0 radical (unpaired) electrons. The van der Waals surface area contributed by atoms with Crippen LogP contribution >= 0.6 is 27.3 Å². The SMILES string of the molecule is CC(Cn1cnnc1)NCc1csc(Br)c1. The number of halogens is 1. The van der Waals surface area contributed by atoms with Crippen LogP contribution in [0.15, 0.2) is 27.9 Å². The quantitative estimate of drug-likeness (QED) is 0.921. The van der Waals surface area contributed by atoms with Gasteiger partial charge in [0.1, 0.15) is 12.7 Å². The van der Waals surface area contributed by atoms with Crippen molar-refractivity contribution >= 4 is 27.3 Å². The van der Waals surface area contributed by atoms with Crippen molar-refractivity contribution in [3.63, 3.8) is 0 Å². The average Bonchev–Trinajstić information content (AvgIpc) is 2.87. The minimum atomic E-state index is 0.398. The van der Waals surface area contributed by atoms with E-state index in [0.29, 0.717) is 6.04 Å². The van der Waals surface area contributed by atoms with E-state index in [1.54, 1.807) is 24.0 Å². The average molecular weight is 301 g/mol. The second-order valence-corrected chi connectivity index (χ2v) is 5.99. The largest absolute Gasteiger partial charge is 0.319 e. The van der Waals surface area contributed by atoms with Crippen molar-refractivity contribution in [2.45, 2.75) is 26.1 Å². The van der Waals surface area contributed by atoms with Gasteiger partial charge in [-0.25, -0.2) is 0 Å². The zero-order chi connectivity index (χ0) is 11.4. The third-order valence-electron chi connectivity index (χ3n) is 2.23. The van der Waals surface area contributed by atoms with Gasteiger partial charge in [-0.2, -0.15) is 0 Å². The fourth-order valence-corrected chi connectivity index (χ4v) is 2.64. The van der Waals surface area contributed by atoms with E-state index in [4.69, 9.17) is 0 Å². The van der Waals surface area contributed by atoms with Gasteiger partial charge in [0.2, 0.25) is 0 Å². The van der Waals surface area contributed by atoms with Crippen LogP contribution in [0, 0.1) is 0 Å². The summed E-state index contributed by atoms with van der Waals surface area (Å²) in [7, 11) is 0. The van der Waals surface area contributed by atoms with Crippen LogP contribution in [0.3, 0.4) is 0 Å². The molecule has 0 amide bonds. The normalized spacial score (nSPS) is 12.9. The van der Waals surface area contributed by atoms with Crippen molar-refractivity contribution in [2.75, 3.05) is 0 Å². The standard InChI is InChI=1S/C10H13BrN4S/c1-8(4-15-6-13-14-7-15)12-3-9-2-10(11)16-5-9/h2,5-8,12H,3-4H2,1H3. The molecule has 86 valence electrons. The number of nitrogens with one attached hydrogen (secondary N) is 1. The maximum Gasteiger partial charge on any atom is 0.119 e. The van der Waals surface area contributed by atoms with Crippen LogP contribution in [-0.2, 0) is 13.1 Å².